The predicted octanol–water partition coefficient (Wildman–Crippen LogP) is 1.48. The SMILES string of the molecule is O=C(COC(=O)C(F)(F)SOO[O-])OCCOc1cccc2c(O)cccc12. The normalized spacial score (nSPS) is 11.2. The standard InChI is InChI=1S/C16H14F2O9S/c17-16(18,28-27-26-22)15(21)25-9-14(20)24-8-7-23-13-6-2-3-10-11(13)4-1-5-12(10)19/h1-6,19,22H,7-9H2/p-1. The van der Waals surface area contributed by atoms with E-state index in [2.05, 4.69) is 14.1 Å². The number of halogens is 2. The number of esters is 2. The number of aromatic hydroxyl groups is 1. The topological polar surface area (TPSA) is 124 Å². The highest BCUT2D eigenvalue weighted by Crippen LogP contribution is 2.32. The highest BCUT2D eigenvalue weighted by molar-refractivity contribution is 7.96. The van der Waals surface area contributed by atoms with Gasteiger partial charge in [0.05, 0.1) is 0 Å². The van der Waals surface area contributed by atoms with E-state index in [1.807, 2.05) is 0 Å². The van der Waals surface area contributed by atoms with Crippen LogP contribution in [-0.4, -0.2) is 42.1 Å². The second-order valence-corrected chi connectivity index (χ2v) is 5.83. The Kier molecular flexibility index (Phi) is 7.75. The molecular formula is C16H13F2O9S-. The van der Waals surface area contributed by atoms with Gasteiger partial charge in [0.25, 0.3) is 0 Å². The van der Waals surface area contributed by atoms with Crippen LogP contribution in [0.5, 0.6) is 11.5 Å². The number of phenols is 1. The largest absolute Gasteiger partial charge is 0.691 e. The molecule has 0 radical (unpaired) electrons. The molecule has 0 aromatic heterocycles. The van der Waals surface area contributed by atoms with Crippen LogP contribution in [-0.2, 0) is 28.4 Å². The molecule has 2 aromatic carbocycles. The van der Waals surface area contributed by atoms with E-state index < -0.39 is 35.8 Å². The summed E-state index contributed by atoms with van der Waals surface area (Å²) in [5.41, 5.74) is 0. The molecule has 0 aliphatic rings. The number of carbonyl (C=O) groups is 2. The second kappa shape index (κ2) is 10.0. The lowest BCUT2D eigenvalue weighted by atomic mass is 10.1. The summed E-state index contributed by atoms with van der Waals surface area (Å²) in [4.78, 5) is 22.5. The molecule has 0 amide bonds. The van der Waals surface area contributed by atoms with E-state index in [0.717, 1.165) is 0 Å². The lowest BCUT2D eigenvalue weighted by Gasteiger charge is -2.14. The van der Waals surface area contributed by atoms with Crippen molar-refractivity contribution in [1.82, 2.24) is 0 Å². The van der Waals surface area contributed by atoms with Crippen LogP contribution in [0, 0.1) is 0 Å². The quantitative estimate of drug-likeness (QED) is 0.199. The average molecular weight is 419 g/mol. The van der Waals surface area contributed by atoms with Crippen LogP contribution in [0.4, 0.5) is 8.78 Å². The fraction of sp³-hybridized carbons (Fsp3) is 0.250. The lowest BCUT2D eigenvalue weighted by Crippen LogP contribution is -2.30. The highest BCUT2D eigenvalue weighted by Gasteiger charge is 2.44. The first-order valence-electron chi connectivity index (χ1n) is 7.53. The van der Waals surface area contributed by atoms with Crippen molar-refractivity contribution < 1.29 is 52.3 Å². The number of alkyl halides is 2. The molecule has 0 bridgehead atoms. The number of carbonyl (C=O) groups excluding carboxylic acids is 2. The average Bonchev–Trinajstić information content (AvgIpc) is 2.68. The third kappa shape index (κ3) is 5.92. The minimum atomic E-state index is -4.24. The number of hydrogen-bond donors (Lipinski definition) is 1. The first-order chi connectivity index (χ1) is 13.3. The highest BCUT2D eigenvalue weighted by atomic mass is 32.2. The van der Waals surface area contributed by atoms with Crippen molar-refractivity contribution in [2.75, 3.05) is 19.8 Å². The predicted molar refractivity (Wildman–Crippen MR) is 87.7 cm³/mol. The van der Waals surface area contributed by atoms with Gasteiger partial charge in [-0.25, -0.2) is 9.59 Å². The van der Waals surface area contributed by atoms with Crippen molar-refractivity contribution in [3.05, 3.63) is 36.4 Å². The van der Waals surface area contributed by atoms with E-state index in [4.69, 9.17) is 9.47 Å². The zero-order valence-electron chi connectivity index (χ0n) is 14.0. The molecule has 1 N–H and O–H groups in total. The van der Waals surface area contributed by atoms with Crippen molar-refractivity contribution in [3.8, 4) is 11.5 Å². The van der Waals surface area contributed by atoms with Crippen molar-refractivity contribution in [2.45, 2.75) is 5.25 Å². The molecule has 0 unspecified atom stereocenters. The van der Waals surface area contributed by atoms with Gasteiger partial charge in [0.15, 0.2) is 6.61 Å². The number of rotatable bonds is 10. The first kappa shape index (κ1) is 21.6. The van der Waals surface area contributed by atoms with E-state index in [-0.39, 0.29) is 19.0 Å². The van der Waals surface area contributed by atoms with Gasteiger partial charge in [-0.1, -0.05) is 24.3 Å². The Morgan fingerprint density at radius 3 is 2.54 bits per heavy atom. The van der Waals surface area contributed by atoms with Crippen LogP contribution >= 0.6 is 12.0 Å². The molecule has 2 aromatic rings. The van der Waals surface area contributed by atoms with Gasteiger partial charge < -0.3 is 24.6 Å². The molecule has 12 heteroatoms. The molecule has 0 atom stereocenters. The molecule has 0 aliphatic carbocycles. The molecule has 152 valence electrons. The fourth-order valence-electron chi connectivity index (χ4n) is 2.04. The Labute approximate surface area is 160 Å². The zero-order chi connectivity index (χ0) is 20.6. The Morgan fingerprint density at radius 2 is 1.79 bits per heavy atom. The molecular weight excluding hydrogens is 406 g/mol. The summed E-state index contributed by atoms with van der Waals surface area (Å²) in [5.74, 6) is -2.68. The molecule has 0 heterocycles. The third-order valence-corrected chi connectivity index (χ3v) is 3.69. The number of phenolic OH excluding ortho intramolecular Hbond substituents is 1. The molecule has 0 saturated carbocycles. The van der Waals surface area contributed by atoms with Gasteiger partial charge in [0.2, 0.25) is 0 Å². The van der Waals surface area contributed by atoms with Gasteiger partial charge in [-0.15, -0.1) is 0 Å². The zero-order valence-corrected chi connectivity index (χ0v) is 14.8. The third-order valence-electron chi connectivity index (χ3n) is 3.19. The van der Waals surface area contributed by atoms with E-state index in [1.54, 1.807) is 30.3 Å². The number of hydrogen-bond acceptors (Lipinski definition) is 10. The Balaban J connectivity index is 1.75. The van der Waals surface area contributed by atoms with E-state index in [9.17, 15) is 28.7 Å². The molecule has 28 heavy (non-hydrogen) atoms. The summed E-state index contributed by atoms with van der Waals surface area (Å²) in [7, 11) is 0. The van der Waals surface area contributed by atoms with Crippen molar-refractivity contribution >= 4 is 34.8 Å². The second-order valence-electron chi connectivity index (χ2n) is 5.01. The van der Waals surface area contributed by atoms with E-state index in [1.165, 1.54) is 6.07 Å². The van der Waals surface area contributed by atoms with Crippen molar-refractivity contribution in [1.29, 1.82) is 0 Å². The molecule has 0 aliphatic heterocycles. The minimum Gasteiger partial charge on any atom is -0.691 e. The minimum absolute atomic E-state index is 0.0743. The summed E-state index contributed by atoms with van der Waals surface area (Å²) in [5, 5.41) is 18.9. The van der Waals surface area contributed by atoms with E-state index >= 15 is 0 Å². The van der Waals surface area contributed by atoms with Crippen LogP contribution in [0.2, 0.25) is 0 Å². The Morgan fingerprint density at radius 1 is 1.07 bits per heavy atom. The Bertz CT molecular complexity index is 831. The molecule has 0 fully saturated rings. The number of benzene rings is 2. The first-order valence-corrected chi connectivity index (χ1v) is 8.28. The summed E-state index contributed by atoms with van der Waals surface area (Å²) in [6.07, 6.45) is 0. The molecule has 2 rings (SSSR count). The monoisotopic (exact) mass is 419 g/mol. The van der Waals surface area contributed by atoms with Gasteiger partial charge in [0.1, 0.15) is 36.8 Å². The van der Waals surface area contributed by atoms with Gasteiger partial charge in [0, 0.05) is 10.8 Å². The smallest absolute Gasteiger partial charge is 0.415 e. The summed E-state index contributed by atoms with van der Waals surface area (Å²) >= 11 is -0.873. The van der Waals surface area contributed by atoms with Gasteiger partial charge in [-0.3, -0.25) is 5.04 Å². The summed E-state index contributed by atoms with van der Waals surface area (Å²) in [6.45, 7) is -1.39. The van der Waals surface area contributed by atoms with Crippen molar-refractivity contribution in [2.24, 2.45) is 0 Å². The Hall–Kier alpha value is -2.67. The van der Waals surface area contributed by atoms with Crippen LogP contribution in [0.25, 0.3) is 10.8 Å². The van der Waals surface area contributed by atoms with E-state index in [0.29, 0.717) is 16.5 Å². The lowest BCUT2D eigenvalue weighted by molar-refractivity contribution is -0.777. The summed E-state index contributed by atoms with van der Waals surface area (Å²) < 4.78 is 43.7. The maximum Gasteiger partial charge on any atom is 0.415 e. The van der Waals surface area contributed by atoms with Crippen LogP contribution in [0.15, 0.2) is 36.4 Å². The molecule has 0 saturated heterocycles. The van der Waals surface area contributed by atoms with Crippen LogP contribution < -0.4 is 9.99 Å². The van der Waals surface area contributed by atoms with Crippen LogP contribution in [0.1, 0.15) is 0 Å². The maximum absolute atomic E-state index is 13.1. The van der Waals surface area contributed by atoms with Crippen LogP contribution in [0.3, 0.4) is 0 Å². The molecule has 9 nitrogen and oxygen atoms in total. The van der Waals surface area contributed by atoms with Gasteiger partial charge in [-0.2, -0.15) is 13.1 Å². The molecule has 0 spiro atoms. The number of fused-ring (bicyclic) bond motifs is 1. The van der Waals surface area contributed by atoms with Crippen molar-refractivity contribution in [3.63, 3.8) is 0 Å². The number of ether oxygens (including phenoxy) is 3. The summed E-state index contributed by atoms with van der Waals surface area (Å²) in [6, 6.07) is 9.92. The maximum atomic E-state index is 13.1. The fourth-order valence-corrected chi connectivity index (χ4v) is 2.28. The van der Waals surface area contributed by atoms with Gasteiger partial charge in [-0.05, 0) is 12.1 Å². The van der Waals surface area contributed by atoms with Gasteiger partial charge >= 0.3 is 17.2 Å².